The number of carbonyl (C=O) groups excluding carboxylic acids is 1. The predicted octanol–water partition coefficient (Wildman–Crippen LogP) is -0.407. The first-order valence-electron chi connectivity index (χ1n) is 7.77. The predicted molar refractivity (Wildman–Crippen MR) is 80.7 cm³/mol. The Balaban J connectivity index is 1.54. The molecule has 2 aliphatic rings. The highest BCUT2D eigenvalue weighted by Crippen LogP contribution is 2.40. The molecule has 122 valence electrons. The molecular weight excluding hydrogens is 290 g/mol. The van der Waals surface area contributed by atoms with Gasteiger partial charge in [-0.3, -0.25) is 4.79 Å². The maximum atomic E-state index is 11.4. The second kappa shape index (κ2) is 7.66. The van der Waals surface area contributed by atoms with Gasteiger partial charge in [-0.25, -0.2) is 0 Å². The van der Waals surface area contributed by atoms with Crippen molar-refractivity contribution in [1.29, 1.82) is 0 Å². The first kappa shape index (κ1) is 16.9. The third-order valence-electron chi connectivity index (χ3n) is 3.80. The van der Waals surface area contributed by atoms with E-state index in [1.807, 2.05) is 0 Å². The van der Waals surface area contributed by atoms with Crippen LogP contribution in [0.3, 0.4) is 0 Å². The van der Waals surface area contributed by atoms with Crippen LogP contribution in [0.25, 0.3) is 0 Å². The Kier molecular flexibility index (Phi) is 6.15. The SMILES string of the molecule is CC1O[Si]2(CCCNCCC(=O)NCCN)OC(C)C1O2. The molecule has 2 atom stereocenters. The maximum Gasteiger partial charge on any atom is 0.502 e. The minimum atomic E-state index is -2.39. The van der Waals surface area contributed by atoms with Crippen molar-refractivity contribution in [2.45, 2.75) is 51.0 Å². The van der Waals surface area contributed by atoms with Gasteiger partial charge >= 0.3 is 8.80 Å². The minimum absolute atomic E-state index is 0.0352. The summed E-state index contributed by atoms with van der Waals surface area (Å²) < 4.78 is 17.8. The summed E-state index contributed by atoms with van der Waals surface area (Å²) >= 11 is 0. The molecule has 0 saturated carbocycles. The van der Waals surface area contributed by atoms with Gasteiger partial charge in [0, 0.05) is 32.1 Å². The summed E-state index contributed by atoms with van der Waals surface area (Å²) in [6, 6.07) is 0.838. The highest BCUT2D eigenvalue weighted by Gasteiger charge is 2.60. The lowest BCUT2D eigenvalue weighted by molar-refractivity contribution is -0.120. The van der Waals surface area contributed by atoms with Crippen molar-refractivity contribution in [3.63, 3.8) is 0 Å². The van der Waals surface area contributed by atoms with Crippen LogP contribution in [0.4, 0.5) is 0 Å². The van der Waals surface area contributed by atoms with Crippen LogP contribution in [0.5, 0.6) is 0 Å². The molecule has 2 heterocycles. The Morgan fingerprint density at radius 3 is 2.48 bits per heavy atom. The molecule has 0 aromatic rings. The summed E-state index contributed by atoms with van der Waals surface area (Å²) in [5, 5.41) is 6.00. The van der Waals surface area contributed by atoms with Crippen LogP contribution in [0, 0.1) is 0 Å². The topological polar surface area (TPSA) is 94.8 Å². The fourth-order valence-corrected chi connectivity index (χ4v) is 6.13. The number of rotatable bonds is 9. The second-order valence-corrected chi connectivity index (χ2v) is 8.23. The smallest absolute Gasteiger partial charge is 0.368 e. The molecule has 2 rings (SSSR count). The quantitative estimate of drug-likeness (QED) is 0.395. The van der Waals surface area contributed by atoms with E-state index in [0.717, 1.165) is 19.0 Å². The van der Waals surface area contributed by atoms with Crippen molar-refractivity contribution in [3.05, 3.63) is 0 Å². The Morgan fingerprint density at radius 1 is 1.14 bits per heavy atom. The number of hydrogen-bond acceptors (Lipinski definition) is 6. The molecule has 7 nitrogen and oxygen atoms in total. The van der Waals surface area contributed by atoms with E-state index in [0.29, 0.717) is 26.1 Å². The molecule has 0 spiro atoms. The van der Waals surface area contributed by atoms with E-state index in [9.17, 15) is 4.79 Å². The molecule has 2 unspecified atom stereocenters. The van der Waals surface area contributed by atoms with E-state index in [2.05, 4.69) is 24.5 Å². The zero-order chi connectivity index (χ0) is 15.3. The summed E-state index contributed by atoms with van der Waals surface area (Å²) in [7, 11) is -2.39. The third-order valence-corrected chi connectivity index (χ3v) is 6.86. The van der Waals surface area contributed by atoms with E-state index in [1.165, 1.54) is 0 Å². The largest absolute Gasteiger partial charge is 0.502 e. The molecule has 21 heavy (non-hydrogen) atoms. The van der Waals surface area contributed by atoms with E-state index in [4.69, 9.17) is 19.0 Å². The molecule has 2 fully saturated rings. The van der Waals surface area contributed by atoms with Crippen LogP contribution < -0.4 is 16.4 Å². The van der Waals surface area contributed by atoms with E-state index in [-0.39, 0.29) is 24.2 Å². The van der Waals surface area contributed by atoms with E-state index in [1.54, 1.807) is 0 Å². The molecule has 0 aromatic heterocycles. The second-order valence-electron chi connectivity index (χ2n) is 5.65. The Morgan fingerprint density at radius 2 is 1.86 bits per heavy atom. The molecule has 8 heteroatoms. The summed E-state index contributed by atoms with van der Waals surface area (Å²) in [5.74, 6) is 0.0352. The average Bonchev–Trinajstić information content (AvgIpc) is 2.93. The highest BCUT2D eigenvalue weighted by atomic mass is 28.4. The van der Waals surface area contributed by atoms with Crippen molar-refractivity contribution >= 4 is 14.7 Å². The van der Waals surface area contributed by atoms with Gasteiger partial charge in [-0.1, -0.05) is 0 Å². The van der Waals surface area contributed by atoms with Crippen molar-refractivity contribution in [1.82, 2.24) is 10.6 Å². The number of nitrogens with two attached hydrogens (primary N) is 1. The van der Waals surface area contributed by atoms with Gasteiger partial charge in [-0.05, 0) is 26.8 Å². The lowest BCUT2D eigenvalue weighted by Gasteiger charge is -2.26. The van der Waals surface area contributed by atoms with Gasteiger partial charge in [0.15, 0.2) is 0 Å². The van der Waals surface area contributed by atoms with Crippen LogP contribution in [0.1, 0.15) is 26.7 Å². The zero-order valence-electron chi connectivity index (χ0n) is 12.9. The van der Waals surface area contributed by atoms with E-state index >= 15 is 0 Å². The standard InChI is InChI=1S/C13H27N3O4Si/c1-10-13-11(2)19-21(18-10,20-13)9-3-6-15-7-4-12(17)16-8-5-14/h10-11,13,15H,3-9,14H2,1-2H3,(H,16,17). The van der Waals surface area contributed by atoms with Crippen LogP contribution >= 0.6 is 0 Å². The molecule has 4 N–H and O–H groups in total. The normalized spacial score (nSPS) is 34.3. The molecule has 1 amide bonds. The van der Waals surface area contributed by atoms with Crippen molar-refractivity contribution < 1.29 is 18.1 Å². The molecule has 2 saturated heterocycles. The molecular formula is C13H27N3O4Si. The van der Waals surface area contributed by atoms with Gasteiger partial charge in [-0.15, -0.1) is 0 Å². The van der Waals surface area contributed by atoms with Crippen LogP contribution in [-0.4, -0.2) is 59.2 Å². The van der Waals surface area contributed by atoms with E-state index < -0.39 is 8.80 Å². The van der Waals surface area contributed by atoms with Gasteiger partial charge in [0.25, 0.3) is 0 Å². The molecule has 0 aromatic carbocycles. The fourth-order valence-electron chi connectivity index (χ4n) is 2.80. The van der Waals surface area contributed by atoms with Gasteiger partial charge in [0.1, 0.15) is 0 Å². The van der Waals surface area contributed by atoms with Crippen LogP contribution in [0.15, 0.2) is 0 Å². The monoisotopic (exact) mass is 317 g/mol. The van der Waals surface area contributed by atoms with Crippen molar-refractivity contribution in [2.24, 2.45) is 5.73 Å². The van der Waals surface area contributed by atoms with Gasteiger partial charge in [0.05, 0.1) is 18.3 Å². The van der Waals surface area contributed by atoms with Crippen molar-refractivity contribution in [2.75, 3.05) is 26.2 Å². The zero-order valence-corrected chi connectivity index (χ0v) is 13.9. The average molecular weight is 317 g/mol. The molecule has 0 aliphatic carbocycles. The van der Waals surface area contributed by atoms with Crippen LogP contribution in [0.2, 0.25) is 6.04 Å². The Labute approximate surface area is 127 Å². The summed E-state index contributed by atoms with van der Waals surface area (Å²) in [5.41, 5.74) is 5.32. The maximum absolute atomic E-state index is 11.4. The minimum Gasteiger partial charge on any atom is -0.368 e. The molecule has 0 radical (unpaired) electrons. The lowest BCUT2D eigenvalue weighted by Crippen LogP contribution is -2.44. The van der Waals surface area contributed by atoms with Gasteiger partial charge < -0.3 is 29.6 Å². The Bertz CT molecular complexity index is 346. The highest BCUT2D eigenvalue weighted by molar-refractivity contribution is 6.62. The first-order chi connectivity index (χ1) is 10.1. The first-order valence-corrected chi connectivity index (χ1v) is 9.70. The number of carbonyl (C=O) groups is 1. The number of amides is 1. The van der Waals surface area contributed by atoms with Crippen LogP contribution in [-0.2, 0) is 18.1 Å². The summed E-state index contributed by atoms with van der Waals surface area (Å²) in [4.78, 5) is 11.4. The summed E-state index contributed by atoms with van der Waals surface area (Å²) in [6.45, 7) is 6.62. The molecule has 2 bridgehead atoms. The number of nitrogens with one attached hydrogen (secondary N) is 2. The van der Waals surface area contributed by atoms with Gasteiger partial charge in [0.2, 0.25) is 5.91 Å². The van der Waals surface area contributed by atoms with Crippen molar-refractivity contribution in [3.8, 4) is 0 Å². The number of fused-ring (bicyclic) bond motifs is 2. The Hall–Kier alpha value is -0.513. The third kappa shape index (κ3) is 4.48. The summed E-state index contributed by atoms with van der Waals surface area (Å²) in [6.07, 6.45) is 1.82. The fraction of sp³-hybridized carbons (Fsp3) is 0.923. The number of hydrogen-bond donors (Lipinski definition) is 3. The van der Waals surface area contributed by atoms with Gasteiger partial charge in [-0.2, -0.15) is 0 Å². The lowest BCUT2D eigenvalue weighted by atomic mass is 10.1. The molecule has 2 aliphatic heterocycles.